The Morgan fingerprint density at radius 1 is 1.21 bits per heavy atom. The minimum Gasteiger partial charge on any atom is -0.350 e. The standard InChI is InChI=1S/C16H24BrN3O3S/c1-16(2,3)18-15(21)12-19-7-9-20(10-8-19)24(22,23)14-6-4-5-13(17)11-14/h4-6,11H,7-10,12H2,1-3H3,(H,18,21). The number of carbonyl (C=O) groups is 1. The fourth-order valence-corrected chi connectivity index (χ4v) is 4.58. The Morgan fingerprint density at radius 3 is 2.38 bits per heavy atom. The van der Waals surface area contributed by atoms with Gasteiger partial charge in [-0.15, -0.1) is 0 Å². The Balaban J connectivity index is 1.94. The van der Waals surface area contributed by atoms with Crippen molar-refractivity contribution in [3.8, 4) is 0 Å². The van der Waals surface area contributed by atoms with Gasteiger partial charge in [0.1, 0.15) is 0 Å². The summed E-state index contributed by atoms with van der Waals surface area (Å²) >= 11 is 3.30. The molecule has 1 N–H and O–H groups in total. The maximum absolute atomic E-state index is 12.7. The van der Waals surface area contributed by atoms with Crippen LogP contribution in [0.4, 0.5) is 0 Å². The average molecular weight is 418 g/mol. The highest BCUT2D eigenvalue weighted by Gasteiger charge is 2.29. The predicted octanol–water partition coefficient (Wildman–Crippen LogP) is 1.67. The van der Waals surface area contributed by atoms with Gasteiger partial charge in [0.15, 0.2) is 0 Å². The first kappa shape index (κ1) is 19.4. The van der Waals surface area contributed by atoms with Crippen LogP contribution in [0.3, 0.4) is 0 Å². The quantitative estimate of drug-likeness (QED) is 0.808. The Labute approximate surface area is 152 Å². The van der Waals surface area contributed by atoms with E-state index in [-0.39, 0.29) is 16.3 Å². The number of hydrogen-bond acceptors (Lipinski definition) is 4. The van der Waals surface area contributed by atoms with Gasteiger partial charge in [0.25, 0.3) is 0 Å². The van der Waals surface area contributed by atoms with Crippen LogP contribution in [0.5, 0.6) is 0 Å². The van der Waals surface area contributed by atoms with Gasteiger partial charge in [-0.25, -0.2) is 8.42 Å². The normalized spacial score (nSPS) is 17.7. The van der Waals surface area contributed by atoms with Gasteiger partial charge < -0.3 is 5.32 Å². The van der Waals surface area contributed by atoms with Crippen LogP contribution in [0.15, 0.2) is 33.6 Å². The van der Waals surface area contributed by atoms with Crippen LogP contribution in [-0.4, -0.2) is 61.8 Å². The second-order valence-corrected chi connectivity index (χ2v) is 9.79. The highest BCUT2D eigenvalue weighted by atomic mass is 79.9. The summed E-state index contributed by atoms with van der Waals surface area (Å²) in [6.45, 7) is 7.97. The van der Waals surface area contributed by atoms with Crippen molar-refractivity contribution in [3.63, 3.8) is 0 Å². The van der Waals surface area contributed by atoms with Gasteiger partial charge >= 0.3 is 0 Å². The number of nitrogens with zero attached hydrogens (tertiary/aromatic N) is 2. The van der Waals surface area contributed by atoms with Crippen LogP contribution in [0, 0.1) is 0 Å². The van der Waals surface area contributed by atoms with Crippen molar-refractivity contribution in [1.29, 1.82) is 0 Å². The predicted molar refractivity (Wildman–Crippen MR) is 97.2 cm³/mol. The molecule has 1 aliphatic rings. The van der Waals surface area contributed by atoms with Crippen LogP contribution in [0.2, 0.25) is 0 Å². The third-order valence-electron chi connectivity index (χ3n) is 3.65. The zero-order valence-electron chi connectivity index (χ0n) is 14.3. The van der Waals surface area contributed by atoms with Crippen LogP contribution in [0.1, 0.15) is 20.8 Å². The molecular formula is C16H24BrN3O3S. The van der Waals surface area contributed by atoms with E-state index in [2.05, 4.69) is 21.2 Å². The number of nitrogens with one attached hydrogen (secondary N) is 1. The smallest absolute Gasteiger partial charge is 0.243 e. The molecule has 2 rings (SSSR count). The van der Waals surface area contributed by atoms with Crippen molar-refractivity contribution in [3.05, 3.63) is 28.7 Å². The first-order valence-electron chi connectivity index (χ1n) is 7.87. The van der Waals surface area contributed by atoms with E-state index < -0.39 is 10.0 Å². The summed E-state index contributed by atoms with van der Waals surface area (Å²) < 4.78 is 27.5. The molecular weight excluding hydrogens is 394 g/mol. The highest BCUT2D eigenvalue weighted by Crippen LogP contribution is 2.21. The van der Waals surface area contributed by atoms with Gasteiger partial charge in [-0.2, -0.15) is 4.31 Å². The number of carbonyl (C=O) groups excluding carboxylic acids is 1. The molecule has 1 saturated heterocycles. The topological polar surface area (TPSA) is 69.7 Å². The summed E-state index contributed by atoms with van der Waals surface area (Å²) in [5.41, 5.74) is -0.261. The van der Waals surface area contributed by atoms with Gasteiger partial charge in [-0.1, -0.05) is 22.0 Å². The minimum atomic E-state index is -3.49. The lowest BCUT2D eigenvalue weighted by Gasteiger charge is -2.34. The zero-order valence-corrected chi connectivity index (χ0v) is 16.7. The van der Waals surface area contributed by atoms with Crippen molar-refractivity contribution in [1.82, 2.24) is 14.5 Å². The number of rotatable bonds is 4. The molecule has 0 radical (unpaired) electrons. The second kappa shape index (κ2) is 7.51. The number of hydrogen-bond donors (Lipinski definition) is 1. The molecule has 0 saturated carbocycles. The van der Waals surface area contributed by atoms with Crippen molar-refractivity contribution in [2.24, 2.45) is 0 Å². The van der Waals surface area contributed by atoms with E-state index in [1.165, 1.54) is 4.31 Å². The van der Waals surface area contributed by atoms with Crippen LogP contribution >= 0.6 is 15.9 Å². The first-order chi connectivity index (χ1) is 11.1. The lowest BCUT2D eigenvalue weighted by molar-refractivity contribution is -0.123. The van der Waals surface area contributed by atoms with Crippen molar-refractivity contribution < 1.29 is 13.2 Å². The summed E-state index contributed by atoms with van der Waals surface area (Å²) in [6, 6.07) is 6.72. The van der Waals surface area contributed by atoms with E-state index >= 15 is 0 Å². The summed E-state index contributed by atoms with van der Waals surface area (Å²) in [5.74, 6) is -0.0363. The van der Waals surface area contributed by atoms with E-state index in [0.29, 0.717) is 32.7 Å². The molecule has 1 amide bonds. The zero-order chi connectivity index (χ0) is 18.0. The fraction of sp³-hybridized carbons (Fsp3) is 0.562. The molecule has 134 valence electrons. The molecule has 1 fully saturated rings. The monoisotopic (exact) mass is 417 g/mol. The molecule has 6 nitrogen and oxygen atoms in total. The van der Waals surface area contributed by atoms with E-state index in [0.717, 1.165) is 4.47 Å². The van der Waals surface area contributed by atoms with Crippen LogP contribution in [-0.2, 0) is 14.8 Å². The summed E-state index contributed by atoms with van der Waals surface area (Å²) in [4.78, 5) is 14.2. The SMILES string of the molecule is CC(C)(C)NC(=O)CN1CCN(S(=O)(=O)c2cccc(Br)c2)CC1. The average Bonchev–Trinajstić information content (AvgIpc) is 2.45. The minimum absolute atomic E-state index is 0.0363. The fourth-order valence-electron chi connectivity index (χ4n) is 2.57. The summed E-state index contributed by atoms with van der Waals surface area (Å²) in [5, 5.41) is 2.92. The molecule has 1 aliphatic heterocycles. The van der Waals surface area contributed by atoms with Gasteiger partial charge in [-0.05, 0) is 39.0 Å². The van der Waals surface area contributed by atoms with Crippen molar-refractivity contribution >= 4 is 31.9 Å². The van der Waals surface area contributed by atoms with E-state index in [4.69, 9.17) is 0 Å². The molecule has 0 atom stereocenters. The Hall–Kier alpha value is -0.960. The van der Waals surface area contributed by atoms with Gasteiger partial charge in [0.05, 0.1) is 11.4 Å². The molecule has 0 aliphatic carbocycles. The molecule has 8 heteroatoms. The lowest BCUT2D eigenvalue weighted by Crippen LogP contribution is -2.52. The van der Waals surface area contributed by atoms with E-state index in [1.54, 1.807) is 24.3 Å². The Morgan fingerprint density at radius 2 is 1.83 bits per heavy atom. The molecule has 24 heavy (non-hydrogen) atoms. The Kier molecular flexibility index (Phi) is 6.06. The van der Waals surface area contributed by atoms with Crippen LogP contribution in [0.25, 0.3) is 0 Å². The highest BCUT2D eigenvalue weighted by molar-refractivity contribution is 9.10. The third kappa shape index (κ3) is 5.27. The number of sulfonamides is 1. The summed E-state index contributed by atoms with van der Waals surface area (Å²) in [6.07, 6.45) is 0. The molecule has 0 aromatic heterocycles. The molecule has 1 aromatic carbocycles. The maximum atomic E-state index is 12.7. The molecule has 1 heterocycles. The molecule has 1 aromatic rings. The van der Waals surface area contributed by atoms with Crippen molar-refractivity contribution in [2.45, 2.75) is 31.2 Å². The second-order valence-electron chi connectivity index (χ2n) is 6.94. The Bertz CT molecular complexity index is 693. The molecule has 0 bridgehead atoms. The van der Waals surface area contributed by atoms with E-state index in [1.807, 2.05) is 25.7 Å². The van der Waals surface area contributed by atoms with Crippen molar-refractivity contribution in [2.75, 3.05) is 32.7 Å². The maximum Gasteiger partial charge on any atom is 0.243 e. The number of amides is 1. The third-order valence-corrected chi connectivity index (χ3v) is 6.03. The van der Waals surface area contributed by atoms with Gasteiger partial charge in [0.2, 0.25) is 15.9 Å². The van der Waals surface area contributed by atoms with Gasteiger partial charge in [-0.3, -0.25) is 9.69 Å². The lowest BCUT2D eigenvalue weighted by atomic mass is 10.1. The first-order valence-corrected chi connectivity index (χ1v) is 10.1. The molecule has 0 spiro atoms. The van der Waals surface area contributed by atoms with Crippen LogP contribution < -0.4 is 5.32 Å². The number of benzene rings is 1. The number of piperazine rings is 1. The van der Waals surface area contributed by atoms with E-state index in [9.17, 15) is 13.2 Å². The van der Waals surface area contributed by atoms with Gasteiger partial charge in [0, 0.05) is 36.2 Å². The largest absolute Gasteiger partial charge is 0.350 e. The number of halogens is 1. The molecule has 0 unspecified atom stereocenters. The summed E-state index contributed by atoms with van der Waals surface area (Å²) in [7, 11) is -3.49.